The summed E-state index contributed by atoms with van der Waals surface area (Å²) in [4.78, 5) is 42.3. The summed E-state index contributed by atoms with van der Waals surface area (Å²) in [6.45, 7) is 0.165. The van der Waals surface area contributed by atoms with Crippen LogP contribution in [-0.2, 0) is 17.9 Å². The van der Waals surface area contributed by atoms with Gasteiger partial charge in [-0.3, -0.25) is 24.0 Å². The highest BCUT2D eigenvalue weighted by molar-refractivity contribution is 6.05. The molecule has 0 radical (unpaired) electrons. The summed E-state index contributed by atoms with van der Waals surface area (Å²) in [5, 5.41) is 0. The maximum absolute atomic E-state index is 13.3. The zero-order chi connectivity index (χ0) is 24.8. The zero-order valence-corrected chi connectivity index (χ0v) is 18.7. The number of aromatic nitrogens is 2. The van der Waals surface area contributed by atoms with Gasteiger partial charge in [-0.25, -0.2) is 9.18 Å². The van der Waals surface area contributed by atoms with Crippen LogP contribution in [0.25, 0.3) is 6.08 Å². The summed E-state index contributed by atoms with van der Waals surface area (Å²) < 4.78 is 14.4. The number of H-pyrrole nitrogens is 1. The maximum Gasteiger partial charge on any atom is 0.330 e. The minimum Gasteiger partial charge on any atom is -0.383 e. The highest BCUT2D eigenvalue weighted by Gasteiger charge is 2.23. The standard InChI is InChI=1S/C27H23FN4O3/c28-22-14-11-19(12-15-22)13-16-23(33)31(17-20-7-3-1-4-8-20)24-25(29)32(27(35)30-26(24)34)18-21-9-5-2-6-10-21/h1-16H,17-18,29H2,(H,30,34,35)/b16-13+. The van der Waals surface area contributed by atoms with E-state index in [1.807, 2.05) is 60.7 Å². The average molecular weight is 471 g/mol. The molecule has 1 amide bonds. The summed E-state index contributed by atoms with van der Waals surface area (Å²) in [5.41, 5.74) is 6.94. The number of aromatic amines is 1. The molecular weight excluding hydrogens is 447 g/mol. The van der Waals surface area contributed by atoms with Gasteiger partial charge in [-0.15, -0.1) is 0 Å². The zero-order valence-electron chi connectivity index (χ0n) is 18.7. The molecule has 4 rings (SSSR count). The molecular formula is C27H23FN4O3. The number of nitrogens with two attached hydrogens (primary N) is 1. The van der Waals surface area contributed by atoms with Gasteiger partial charge in [0.2, 0.25) is 0 Å². The molecule has 0 aliphatic carbocycles. The molecule has 7 nitrogen and oxygen atoms in total. The second-order valence-corrected chi connectivity index (χ2v) is 7.86. The van der Waals surface area contributed by atoms with Crippen molar-refractivity contribution in [3.63, 3.8) is 0 Å². The normalized spacial score (nSPS) is 11.0. The van der Waals surface area contributed by atoms with Gasteiger partial charge in [0, 0.05) is 6.08 Å². The predicted octanol–water partition coefficient (Wildman–Crippen LogP) is 3.55. The van der Waals surface area contributed by atoms with Gasteiger partial charge in [0.05, 0.1) is 13.1 Å². The molecule has 176 valence electrons. The Kier molecular flexibility index (Phi) is 7.02. The van der Waals surface area contributed by atoms with E-state index < -0.39 is 17.2 Å². The molecule has 0 fully saturated rings. The quantitative estimate of drug-likeness (QED) is 0.403. The Hall–Kier alpha value is -4.72. The van der Waals surface area contributed by atoms with Crippen LogP contribution in [0.2, 0.25) is 0 Å². The smallest absolute Gasteiger partial charge is 0.330 e. The number of amides is 1. The van der Waals surface area contributed by atoms with Crippen molar-refractivity contribution in [2.75, 3.05) is 10.6 Å². The Labute approximate surface area is 200 Å². The van der Waals surface area contributed by atoms with Crippen molar-refractivity contribution < 1.29 is 9.18 Å². The van der Waals surface area contributed by atoms with Crippen molar-refractivity contribution in [1.29, 1.82) is 0 Å². The summed E-state index contributed by atoms with van der Waals surface area (Å²) in [6.07, 6.45) is 2.80. The first-order valence-electron chi connectivity index (χ1n) is 10.9. The highest BCUT2D eigenvalue weighted by atomic mass is 19.1. The van der Waals surface area contributed by atoms with Crippen LogP contribution in [-0.4, -0.2) is 15.5 Å². The average Bonchev–Trinajstić information content (AvgIpc) is 2.86. The number of rotatable bonds is 7. The molecule has 8 heteroatoms. The minimum absolute atomic E-state index is 0.0459. The van der Waals surface area contributed by atoms with E-state index in [9.17, 15) is 18.8 Å². The third kappa shape index (κ3) is 5.62. The molecule has 0 aliphatic rings. The van der Waals surface area contributed by atoms with E-state index in [-0.39, 0.29) is 30.4 Å². The Morgan fingerprint density at radius 2 is 1.51 bits per heavy atom. The van der Waals surface area contributed by atoms with Crippen molar-refractivity contribution in [3.8, 4) is 0 Å². The van der Waals surface area contributed by atoms with Gasteiger partial charge < -0.3 is 5.73 Å². The molecule has 1 heterocycles. The number of nitrogen functional groups attached to an aromatic ring is 1. The third-order valence-corrected chi connectivity index (χ3v) is 5.41. The molecule has 0 spiro atoms. The lowest BCUT2D eigenvalue weighted by Gasteiger charge is -2.23. The molecule has 35 heavy (non-hydrogen) atoms. The largest absolute Gasteiger partial charge is 0.383 e. The lowest BCUT2D eigenvalue weighted by Crippen LogP contribution is -2.40. The van der Waals surface area contributed by atoms with Crippen molar-refractivity contribution in [2.45, 2.75) is 13.1 Å². The van der Waals surface area contributed by atoms with E-state index in [0.717, 1.165) is 11.1 Å². The van der Waals surface area contributed by atoms with Crippen LogP contribution in [0, 0.1) is 5.82 Å². The maximum atomic E-state index is 13.3. The van der Waals surface area contributed by atoms with Crippen LogP contribution in [0.5, 0.6) is 0 Å². The van der Waals surface area contributed by atoms with E-state index in [0.29, 0.717) is 5.56 Å². The molecule has 0 unspecified atom stereocenters. The fraction of sp³-hybridized carbons (Fsp3) is 0.0741. The van der Waals surface area contributed by atoms with E-state index in [4.69, 9.17) is 5.73 Å². The SMILES string of the molecule is Nc1c(N(Cc2ccccc2)C(=O)/C=C/c2ccc(F)cc2)c(=O)[nH]c(=O)n1Cc1ccccc1. The predicted molar refractivity (Wildman–Crippen MR) is 134 cm³/mol. The lowest BCUT2D eigenvalue weighted by atomic mass is 10.1. The summed E-state index contributed by atoms with van der Waals surface area (Å²) in [6, 6.07) is 23.9. The van der Waals surface area contributed by atoms with Gasteiger partial charge in [0.25, 0.3) is 11.5 Å². The third-order valence-electron chi connectivity index (χ3n) is 5.41. The van der Waals surface area contributed by atoms with E-state index in [1.165, 1.54) is 45.9 Å². The van der Waals surface area contributed by atoms with Gasteiger partial charge in [0.15, 0.2) is 5.69 Å². The number of carbonyl (C=O) groups is 1. The van der Waals surface area contributed by atoms with Crippen LogP contribution in [0.4, 0.5) is 15.9 Å². The van der Waals surface area contributed by atoms with Crippen molar-refractivity contribution in [1.82, 2.24) is 9.55 Å². The molecule has 0 aliphatic heterocycles. The first-order chi connectivity index (χ1) is 16.9. The topological polar surface area (TPSA) is 101 Å². The van der Waals surface area contributed by atoms with Crippen LogP contribution < -0.4 is 21.9 Å². The molecule has 0 saturated carbocycles. The number of nitrogens with zero attached hydrogens (tertiary/aromatic N) is 2. The molecule has 1 aromatic heterocycles. The Balaban J connectivity index is 1.77. The lowest BCUT2D eigenvalue weighted by molar-refractivity contribution is -0.114. The number of hydrogen-bond acceptors (Lipinski definition) is 4. The molecule has 0 atom stereocenters. The Morgan fingerprint density at radius 1 is 0.914 bits per heavy atom. The fourth-order valence-electron chi connectivity index (χ4n) is 3.63. The molecule has 3 aromatic carbocycles. The summed E-state index contributed by atoms with van der Waals surface area (Å²) >= 11 is 0. The van der Waals surface area contributed by atoms with E-state index >= 15 is 0 Å². The monoisotopic (exact) mass is 470 g/mol. The highest BCUT2D eigenvalue weighted by Crippen LogP contribution is 2.21. The molecule has 3 N–H and O–H groups in total. The second-order valence-electron chi connectivity index (χ2n) is 7.86. The van der Waals surface area contributed by atoms with Crippen LogP contribution >= 0.6 is 0 Å². The second kappa shape index (κ2) is 10.5. The van der Waals surface area contributed by atoms with Crippen molar-refractivity contribution >= 4 is 23.5 Å². The van der Waals surface area contributed by atoms with Crippen LogP contribution in [0.15, 0.2) is 101 Å². The van der Waals surface area contributed by atoms with Gasteiger partial charge in [-0.2, -0.15) is 0 Å². The summed E-state index contributed by atoms with van der Waals surface area (Å²) in [5.74, 6) is -1.04. The molecule has 4 aromatic rings. The van der Waals surface area contributed by atoms with Crippen molar-refractivity contribution in [2.24, 2.45) is 0 Å². The van der Waals surface area contributed by atoms with E-state index in [2.05, 4.69) is 4.98 Å². The van der Waals surface area contributed by atoms with Crippen LogP contribution in [0.1, 0.15) is 16.7 Å². The molecule has 0 bridgehead atoms. The Morgan fingerprint density at radius 3 is 2.14 bits per heavy atom. The first kappa shape index (κ1) is 23.4. The minimum atomic E-state index is -0.767. The Bertz CT molecular complexity index is 1460. The number of halogens is 1. The van der Waals surface area contributed by atoms with E-state index in [1.54, 1.807) is 0 Å². The van der Waals surface area contributed by atoms with Gasteiger partial charge >= 0.3 is 5.69 Å². The summed E-state index contributed by atoms with van der Waals surface area (Å²) in [7, 11) is 0. The molecule has 0 saturated heterocycles. The van der Waals surface area contributed by atoms with Crippen molar-refractivity contribution in [3.05, 3.63) is 134 Å². The number of benzene rings is 3. The number of carbonyl (C=O) groups excluding carboxylic acids is 1. The van der Waals surface area contributed by atoms with Gasteiger partial charge in [0.1, 0.15) is 11.6 Å². The van der Waals surface area contributed by atoms with Gasteiger partial charge in [-0.05, 0) is 34.9 Å². The fourth-order valence-corrected chi connectivity index (χ4v) is 3.63. The van der Waals surface area contributed by atoms with Gasteiger partial charge in [-0.1, -0.05) is 72.8 Å². The number of anilines is 2. The number of hydrogen-bond donors (Lipinski definition) is 2. The number of nitrogens with one attached hydrogen (secondary N) is 1. The first-order valence-corrected chi connectivity index (χ1v) is 10.9. The van der Waals surface area contributed by atoms with Crippen LogP contribution in [0.3, 0.4) is 0 Å².